The minimum Gasteiger partial charge on any atom is -0.381 e. The first-order valence-electron chi connectivity index (χ1n) is 7.91. The van der Waals surface area contributed by atoms with Gasteiger partial charge in [0, 0.05) is 24.7 Å². The molecule has 19 heavy (non-hydrogen) atoms. The summed E-state index contributed by atoms with van der Waals surface area (Å²) in [6, 6.07) is 0. The van der Waals surface area contributed by atoms with Gasteiger partial charge in [-0.1, -0.05) is 26.7 Å². The van der Waals surface area contributed by atoms with E-state index in [2.05, 4.69) is 13.8 Å². The third-order valence-electron chi connectivity index (χ3n) is 4.82. The Kier molecular flexibility index (Phi) is 5.83. The van der Waals surface area contributed by atoms with E-state index in [4.69, 9.17) is 9.47 Å². The largest absolute Gasteiger partial charge is 0.381 e. The van der Waals surface area contributed by atoms with Crippen LogP contribution in [0.3, 0.4) is 0 Å². The van der Waals surface area contributed by atoms with Gasteiger partial charge in [-0.3, -0.25) is 4.79 Å². The Labute approximate surface area is 117 Å². The molecule has 0 aromatic carbocycles. The summed E-state index contributed by atoms with van der Waals surface area (Å²) < 4.78 is 10.5. The zero-order valence-electron chi connectivity index (χ0n) is 12.4. The van der Waals surface area contributed by atoms with Crippen LogP contribution in [-0.4, -0.2) is 32.2 Å². The van der Waals surface area contributed by atoms with Gasteiger partial charge in [-0.15, -0.1) is 0 Å². The molecule has 0 aromatic heterocycles. The number of hydrogen-bond donors (Lipinski definition) is 0. The maximum absolute atomic E-state index is 12.3. The van der Waals surface area contributed by atoms with Gasteiger partial charge in [0.05, 0.1) is 26.4 Å². The molecule has 2 aliphatic heterocycles. The second kappa shape index (κ2) is 7.39. The van der Waals surface area contributed by atoms with E-state index in [1.165, 1.54) is 12.8 Å². The molecule has 3 heteroatoms. The molecule has 2 atom stereocenters. The van der Waals surface area contributed by atoms with Crippen LogP contribution in [0.2, 0.25) is 0 Å². The molecule has 0 spiro atoms. The minimum absolute atomic E-state index is 0.462. The molecule has 110 valence electrons. The van der Waals surface area contributed by atoms with Gasteiger partial charge in [-0.05, 0) is 18.3 Å². The SMILES string of the molecule is CCCC(CC(=O)CC(CC)C1COC1)C1COC1. The summed E-state index contributed by atoms with van der Waals surface area (Å²) in [6.45, 7) is 7.86. The fraction of sp³-hybridized carbons (Fsp3) is 0.938. The van der Waals surface area contributed by atoms with Crippen molar-refractivity contribution in [2.24, 2.45) is 23.7 Å². The number of carbonyl (C=O) groups is 1. The topological polar surface area (TPSA) is 35.5 Å². The van der Waals surface area contributed by atoms with Crippen molar-refractivity contribution < 1.29 is 14.3 Å². The van der Waals surface area contributed by atoms with E-state index in [0.717, 1.165) is 45.7 Å². The molecular weight excluding hydrogens is 240 g/mol. The van der Waals surface area contributed by atoms with E-state index in [-0.39, 0.29) is 0 Å². The Morgan fingerprint density at radius 1 is 1.00 bits per heavy atom. The van der Waals surface area contributed by atoms with Crippen LogP contribution in [0.1, 0.15) is 46.0 Å². The lowest BCUT2D eigenvalue weighted by atomic mass is 9.79. The lowest BCUT2D eigenvalue weighted by molar-refractivity contribution is -0.127. The zero-order chi connectivity index (χ0) is 13.7. The summed E-state index contributed by atoms with van der Waals surface area (Å²) in [5.74, 6) is 2.83. The van der Waals surface area contributed by atoms with Crippen LogP contribution in [0, 0.1) is 23.7 Å². The number of ketones is 1. The van der Waals surface area contributed by atoms with Gasteiger partial charge in [0.15, 0.2) is 0 Å². The summed E-state index contributed by atoms with van der Waals surface area (Å²) >= 11 is 0. The molecule has 2 aliphatic rings. The second-order valence-electron chi connectivity index (χ2n) is 6.26. The van der Waals surface area contributed by atoms with Crippen molar-refractivity contribution >= 4 is 5.78 Å². The molecule has 2 rings (SSSR count). The molecular formula is C16H28O3. The highest BCUT2D eigenvalue weighted by Crippen LogP contribution is 2.31. The highest BCUT2D eigenvalue weighted by Gasteiger charge is 2.32. The molecule has 2 fully saturated rings. The molecule has 2 heterocycles. The van der Waals surface area contributed by atoms with E-state index >= 15 is 0 Å². The molecule has 0 amide bonds. The first-order valence-corrected chi connectivity index (χ1v) is 7.91. The average molecular weight is 268 g/mol. The van der Waals surface area contributed by atoms with Gasteiger partial charge in [-0.25, -0.2) is 0 Å². The van der Waals surface area contributed by atoms with E-state index in [0.29, 0.717) is 29.5 Å². The molecule has 0 aromatic rings. The summed E-state index contributed by atoms with van der Waals surface area (Å²) in [5, 5.41) is 0. The Balaban J connectivity index is 1.77. The molecule has 2 unspecified atom stereocenters. The van der Waals surface area contributed by atoms with Crippen molar-refractivity contribution in [2.45, 2.75) is 46.0 Å². The number of Topliss-reactive ketones (excluding diaryl/α,β-unsaturated/α-hetero) is 1. The third kappa shape index (κ3) is 4.03. The monoisotopic (exact) mass is 268 g/mol. The second-order valence-corrected chi connectivity index (χ2v) is 6.26. The maximum Gasteiger partial charge on any atom is 0.133 e. The van der Waals surface area contributed by atoms with Gasteiger partial charge < -0.3 is 9.47 Å². The van der Waals surface area contributed by atoms with Crippen LogP contribution in [0.4, 0.5) is 0 Å². The summed E-state index contributed by atoms with van der Waals surface area (Å²) in [5.41, 5.74) is 0. The van der Waals surface area contributed by atoms with Crippen molar-refractivity contribution in [3.05, 3.63) is 0 Å². The normalized spacial score (nSPS) is 23.5. The Hall–Kier alpha value is -0.410. The highest BCUT2D eigenvalue weighted by atomic mass is 16.5. The highest BCUT2D eigenvalue weighted by molar-refractivity contribution is 5.79. The van der Waals surface area contributed by atoms with Crippen molar-refractivity contribution in [3.63, 3.8) is 0 Å². The van der Waals surface area contributed by atoms with E-state index in [1.807, 2.05) is 0 Å². The first-order chi connectivity index (χ1) is 9.24. The molecule has 0 N–H and O–H groups in total. The van der Waals surface area contributed by atoms with Crippen molar-refractivity contribution in [2.75, 3.05) is 26.4 Å². The van der Waals surface area contributed by atoms with Crippen LogP contribution < -0.4 is 0 Å². The molecule has 0 aliphatic carbocycles. The van der Waals surface area contributed by atoms with Gasteiger partial charge in [0.25, 0.3) is 0 Å². The molecule has 0 saturated carbocycles. The van der Waals surface area contributed by atoms with Crippen molar-refractivity contribution in [3.8, 4) is 0 Å². The van der Waals surface area contributed by atoms with Gasteiger partial charge in [0.2, 0.25) is 0 Å². The van der Waals surface area contributed by atoms with Crippen LogP contribution in [-0.2, 0) is 14.3 Å². The average Bonchev–Trinajstić information content (AvgIpc) is 2.23. The van der Waals surface area contributed by atoms with Gasteiger partial charge in [0.1, 0.15) is 5.78 Å². The fourth-order valence-electron chi connectivity index (χ4n) is 3.24. The van der Waals surface area contributed by atoms with Crippen LogP contribution in [0.5, 0.6) is 0 Å². The predicted octanol–water partition coefficient (Wildman–Crippen LogP) is 3.07. The molecule has 0 bridgehead atoms. The third-order valence-corrected chi connectivity index (χ3v) is 4.82. The summed E-state index contributed by atoms with van der Waals surface area (Å²) in [7, 11) is 0. The van der Waals surface area contributed by atoms with Gasteiger partial charge in [-0.2, -0.15) is 0 Å². The molecule has 3 nitrogen and oxygen atoms in total. The predicted molar refractivity (Wildman–Crippen MR) is 75.0 cm³/mol. The summed E-state index contributed by atoms with van der Waals surface area (Å²) in [6.07, 6.45) is 4.97. The smallest absolute Gasteiger partial charge is 0.133 e. The van der Waals surface area contributed by atoms with Crippen molar-refractivity contribution in [1.82, 2.24) is 0 Å². The van der Waals surface area contributed by atoms with Crippen LogP contribution >= 0.6 is 0 Å². The van der Waals surface area contributed by atoms with Crippen LogP contribution in [0.25, 0.3) is 0 Å². The number of rotatable bonds is 9. The quantitative estimate of drug-likeness (QED) is 0.644. The first kappa shape index (κ1) is 15.0. The number of hydrogen-bond acceptors (Lipinski definition) is 3. The standard InChI is InChI=1S/C16H28O3/c1-3-5-13(15-10-19-11-15)7-16(17)6-12(4-2)14-8-18-9-14/h12-15H,3-11H2,1-2H3. The molecule has 0 radical (unpaired) electrons. The van der Waals surface area contributed by atoms with Crippen molar-refractivity contribution in [1.29, 1.82) is 0 Å². The Bertz CT molecular complexity index is 282. The molecule has 2 saturated heterocycles. The van der Waals surface area contributed by atoms with E-state index < -0.39 is 0 Å². The zero-order valence-corrected chi connectivity index (χ0v) is 12.4. The van der Waals surface area contributed by atoms with Gasteiger partial charge >= 0.3 is 0 Å². The lowest BCUT2D eigenvalue weighted by Crippen LogP contribution is -2.37. The minimum atomic E-state index is 0.462. The lowest BCUT2D eigenvalue weighted by Gasteiger charge is -2.35. The maximum atomic E-state index is 12.3. The number of ether oxygens (including phenoxy) is 2. The summed E-state index contributed by atoms with van der Waals surface area (Å²) in [4.78, 5) is 12.3. The van der Waals surface area contributed by atoms with Crippen LogP contribution in [0.15, 0.2) is 0 Å². The van der Waals surface area contributed by atoms with E-state index in [9.17, 15) is 4.79 Å². The van der Waals surface area contributed by atoms with E-state index in [1.54, 1.807) is 0 Å². The fourth-order valence-corrected chi connectivity index (χ4v) is 3.24. The number of carbonyl (C=O) groups excluding carboxylic acids is 1. The Morgan fingerprint density at radius 3 is 1.95 bits per heavy atom. The Morgan fingerprint density at radius 2 is 1.53 bits per heavy atom.